The van der Waals surface area contributed by atoms with Crippen LogP contribution in [-0.4, -0.2) is 15.9 Å². The van der Waals surface area contributed by atoms with Crippen molar-refractivity contribution in [2.24, 2.45) is 0 Å². The van der Waals surface area contributed by atoms with Gasteiger partial charge in [-0.3, -0.25) is 4.79 Å². The van der Waals surface area contributed by atoms with Gasteiger partial charge < -0.3 is 15.5 Å². The fourth-order valence-corrected chi connectivity index (χ4v) is 2.69. The lowest BCUT2D eigenvalue weighted by molar-refractivity contribution is 0.0914. The molecule has 2 heterocycles. The molecule has 0 radical (unpaired) electrons. The van der Waals surface area contributed by atoms with E-state index in [0.29, 0.717) is 24.5 Å². The molecule has 0 bridgehead atoms. The number of aromatic nitrogens is 2. The summed E-state index contributed by atoms with van der Waals surface area (Å²) in [5.74, 6) is 0.834. The van der Waals surface area contributed by atoms with Crippen LogP contribution in [0.3, 0.4) is 0 Å². The number of pyridine rings is 1. The lowest BCUT2D eigenvalue weighted by Gasteiger charge is -2.10. The predicted molar refractivity (Wildman–Crippen MR) is 95.0 cm³/mol. The minimum absolute atomic E-state index is 0.0599. The summed E-state index contributed by atoms with van der Waals surface area (Å²) in [6.45, 7) is 4.16. The maximum absolute atomic E-state index is 12.3. The number of aryl methyl sites for hydroxylation is 2. The van der Waals surface area contributed by atoms with Gasteiger partial charge in [0.15, 0.2) is 0 Å². The first-order valence-corrected chi connectivity index (χ1v) is 8.02. The second kappa shape index (κ2) is 7.17. The summed E-state index contributed by atoms with van der Waals surface area (Å²) < 4.78 is 5.56. The molecule has 3 rings (SSSR count). The van der Waals surface area contributed by atoms with Crippen molar-refractivity contribution >= 4 is 11.7 Å². The Morgan fingerprint density at radius 2 is 2.00 bits per heavy atom. The number of benzene rings is 1. The Bertz CT molecular complexity index is 864. The number of hydrogen-bond donors (Lipinski definition) is 2. The van der Waals surface area contributed by atoms with Crippen molar-refractivity contribution in [1.29, 1.82) is 0 Å². The van der Waals surface area contributed by atoms with Crippen LogP contribution in [0.1, 0.15) is 38.8 Å². The van der Waals surface area contributed by atoms with E-state index in [0.717, 1.165) is 22.4 Å². The second-order valence-electron chi connectivity index (χ2n) is 5.90. The molecule has 128 valence electrons. The largest absolute Gasteiger partial charge is 0.437 e. The molecule has 0 atom stereocenters. The van der Waals surface area contributed by atoms with Crippen molar-refractivity contribution in [2.75, 3.05) is 5.73 Å². The van der Waals surface area contributed by atoms with E-state index in [2.05, 4.69) is 15.3 Å². The Kier molecular flexibility index (Phi) is 4.79. The molecule has 1 aromatic carbocycles. The van der Waals surface area contributed by atoms with Crippen molar-refractivity contribution < 1.29 is 9.21 Å². The van der Waals surface area contributed by atoms with Crippen LogP contribution in [0.25, 0.3) is 0 Å². The standard InChI is InChI=1S/C19H20N4O2/c1-12-8-17(20)23-13(2)16(12)11-21-18(24)19-22-10-15(25-19)9-14-6-4-3-5-7-14/h3-8,10H,9,11H2,1-2H3,(H2,20,23)(H,21,24). The average molecular weight is 336 g/mol. The normalized spacial score (nSPS) is 10.6. The van der Waals surface area contributed by atoms with Crippen molar-refractivity contribution in [3.05, 3.63) is 76.6 Å². The highest BCUT2D eigenvalue weighted by Crippen LogP contribution is 2.15. The molecule has 0 spiro atoms. The Balaban J connectivity index is 1.64. The Morgan fingerprint density at radius 3 is 2.72 bits per heavy atom. The highest BCUT2D eigenvalue weighted by atomic mass is 16.4. The minimum Gasteiger partial charge on any atom is -0.437 e. The number of carbonyl (C=O) groups excluding carboxylic acids is 1. The van der Waals surface area contributed by atoms with Gasteiger partial charge in [-0.15, -0.1) is 0 Å². The topological polar surface area (TPSA) is 94.0 Å². The molecule has 6 nitrogen and oxygen atoms in total. The third-order valence-corrected chi connectivity index (χ3v) is 3.97. The van der Waals surface area contributed by atoms with Crippen LogP contribution < -0.4 is 11.1 Å². The third kappa shape index (κ3) is 4.03. The summed E-state index contributed by atoms with van der Waals surface area (Å²) in [6, 6.07) is 11.7. The number of nitrogens with zero attached hydrogens (tertiary/aromatic N) is 2. The summed E-state index contributed by atoms with van der Waals surface area (Å²) in [4.78, 5) is 20.6. The van der Waals surface area contributed by atoms with Gasteiger partial charge in [-0.1, -0.05) is 30.3 Å². The fourth-order valence-electron chi connectivity index (χ4n) is 2.69. The number of nitrogens with one attached hydrogen (secondary N) is 1. The first kappa shape index (κ1) is 16.7. The summed E-state index contributed by atoms with van der Waals surface area (Å²) in [5, 5.41) is 2.82. The Labute approximate surface area is 146 Å². The molecule has 0 aliphatic rings. The third-order valence-electron chi connectivity index (χ3n) is 3.97. The quantitative estimate of drug-likeness (QED) is 0.747. The maximum atomic E-state index is 12.3. The lowest BCUT2D eigenvalue weighted by atomic mass is 10.1. The van der Waals surface area contributed by atoms with E-state index in [9.17, 15) is 4.79 Å². The molecular weight excluding hydrogens is 316 g/mol. The number of nitrogen functional groups attached to an aromatic ring is 1. The minimum atomic E-state index is -0.352. The second-order valence-corrected chi connectivity index (χ2v) is 5.90. The molecule has 0 unspecified atom stereocenters. The van der Waals surface area contributed by atoms with Crippen LogP contribution in [0, 0.1) is 13.8 Å². The number of carbonyl (C=O) groups is 1. The number of oxazole rings is 1. The van der Waals surface area contributed by atoms with Crippen LogP contribution in [-0.2, 0) is 13.0 Å². The highest BCUT2D eigenvalue weighted by Gasteiger charge is 2.14. The number of anilines is 1. The highest BCUT2D eigenvalue weighted by molar-refractivity contribution is 5.89. The van der Waals surface area contributed by atoms with E-state index in [1.165, 1.54) is 0 Å². The Hall–Kier alpha value is -3.15. The van der Waals surface area contributed by atoms with Gasteiger partial charge in [0.1, 0.15) is 11.6 Å². The summed E-state index contributed by atoms with van der Waals surface area (Å²) in [6.07, 6.45) is 2.18. The van der Waals surface area contributed by atoms with E-state index in [1.54, 1.807) is 12.3 Å². The van der Waals surface area contributed by atoms with Crippen LogP contribution in [0.2, 0.25) is 0 Å². The molecule has 3 N–H and O–H groups in total. The SMILES string of the molecule is Cc1cc(N)nc(C)c1CNC(=O)c1ncc(Cc2ccccc2)o1. The van der Waals surface area contributed by atoms with Crippen molar-refractivity contribution in [3.8, 4) is 0 Å². The van der Waals surface area contributed by atoms with Gasteiger partial charge in [-0.05, 0) is 36.6 Å². The fraction of sp³-hybridized carbons (Fsp3) is 0.211. The van der Waals surface area contributed by atoms with Gasteiger partial charge in [-0.2, -0.15) is 0 Å². The average Bonchev–Trinajstić information content (AvgIpc) is 3.03. The molecule has 0 fully saturated rings. The molecule has 25 heavy (non-hydrogen) atoms. The molecular formula is C19H20N4O2. The van der Waals surface area contributed by atoms with Crippen LogP contribution >= 0.6 is 0 Å². The molecule has 1 amide bonds. The summed E-state index contributed by atoms with van der Waals surface area (Å²) >= 11 is 0. The first-order chi connectivity index (χ1) is 12.0. The predicted octanol–water partition coefficient (Wildman–Crippen LogP) is 2.79. The molecule has 0 saturated carbocycles. The van der Waals surface area contributed by atoms with E-state index in [1.807, 2.05) is 44.2 Å². The van der Waals surface area contributed by atoms with Gasteiger partial charge in [0.05, 0.1) is 6.20 Å². The van der Waals surface area contributed by atoms with Gasteiger partial charge in [0.2, 0.25) is 0 Å². The number of hydrogen-bond acceptors (Lipinski definition) is 5. The zero-order valence-electron chi connectivity index (χ0n) is 14.2. The molecule has 2 aromatic heterocycles. The molecule has 0 saturated heterocycles. The lowest BCUT2D eigenvalue weighted by Crippen LogP contribution is -2.24. The van der Waals surface area contributed by atoms with Gasteiger partial charge in [0, 0.05) is 18.7 Å². The van der Waals surface area contributed by atoms with Gasteiger partial charge >= 0.3 is 5.91 Å². The molecule has 0 aliphatic carbocycles. The number of amides is 1. The number of nitrogens with two attached hydrogens (primary N) is 1. The van der Waals surface area contributed by atoms with Crippen molar-refractivity contribution in [2.45, 2.75) is 26.8 Å². The molecule has 6 heteroatoms. The van der Waals surface area contributed by atoms with E-state index in [4.69, 9.17) is 10.2 Å². The smallest absolute Gasteiger partial charge is 0.307 e. The van der Waals surface area contributed by atoms with E-state index < -0.39 is 0 Å². The Morgan fingerprint density at radius 1 is 1.24 bits per heavy atom. The van der Waals surface area contributed by atoms with Crippen LogP contribution in [0.15, 0.2) is 47.0 Å². The molecule has 0 aliphatic heterocycles. The maximum Gasteiger partial charge on any atom is 0.307 e. The van der Waals surface area contributed by atoms with Crippen LogP contribution in [0.5, 0.6) is 0 Å². The monoisotopic (exact) mass is 336 g/mol. The zero-order valence-corrected chi connectivity index (χ0v) is 14.2. The van der Waals surface area contributed by atoms with E-state index in [-0.39, 0.29) is 11.8 Å². The molecule has 3 aromatic rings. The summed E-state index contributed by atoms with van der Waals surface area (Å²) in [7, 11) is 0. The van der Waals surface area contributed by atoms with Crippen LogP contribution in [0.4, 0.5) is 5.82 Å². The van der Waals surface area contributed by atoms with Crippen molar-refractivity contribution in [3.63, 3.8) is 0 Å². The van der Waals surface area contributed by atoms with E-state index >= 15 is 0 Å². The summed E-state index contributed by atoms with van der Waals surface area (Å²) in [5.41, 5.74) is 9.55. The van der Waals surface area contributed by atoms with Crippen molar-refractivity contribution in [1.82, 2.24) is 15.3 Å². The first-order valence-electron chi connectivity index (χ1n) is 8.02. The number of rotatable bonds is 5. The van der Waals surface area contributed by atoms with Gasteiger partial charge in [-0.25, -0.2) is 9.97 Å². The van der Waals surface area contributed by atoms with Gasteiger partial charge in [0.25, 0.3) is 5.89 Å². The zero-order chi connectivity index (χ0) is 17.8.